The van der Waals surface area contributed by atoms with E-state index in [4.69, 9.17) is 10.0 Å². The standard InChI is InChI=1S/C17H26BFO3/c1-2-3-4-5-13-6-8-14(9-7-13)16-11-10-15(12-17(16)19)22-18(20)21/h10-14,20-21H,2-9H2,1H3. The molecular weight excluding hydrogens is 282 g/mol. The molecule has 1 aromatic rings. The smallest absolute Gasteiger partial charge is 0.512 e. The molecule has 0 bridgehead atoms. The van der Waals surface area contributed by atoms with Crippen LogP contribution in [0, 0.1) is 11.7 Å². The van der Waals surface area contributed by atoms with E-state index in [-0.39, 0.29) is 17.5 Å². The average molecular weight is 308 g/mol. The van der Waals surface area contributed by atoms with E-state index in [0.717, 1.165) is 24.3 Å². The Bertz CT molecular complexity index is 459. The van der Waals surface area contributed by atoms with Gasteiger partial charge in [-0.15, -0.1) is 0 Å². The highest BCUT2D eigenvalue weighted by Gasteiger charge is 2.24. The Balaban J connectivity index is 1.88. The van der Waals surface area contributed by atoms with Crippen molar-refractivity contribution in [1.82, 2.24) is 0 Å². The number of hydrogen-bond acceptors (Lipinski definition) is 3. The SMILES string of the molecule is CCCCCC1CCC(c2ccc(OB(O)O)cc2F)CC1. The lowest BCUT2D eigenvalue weighted by molar-refractivity contribution is 0.286. The largest absolute Gasteiger partial charge is 0.707 e. The average Bonchev–Trinajstić information content (AvgIpc) is 2.48. The highest BCUT2D eigenvalue weighted by molar-refractivity contribution is 6.33. The van der Waals surface area contributed by atoms with Gasteiger partial charge in [-0.25, -0.2) is 4.39 Å². The van der Waals surface area contributed by atoms with Gasteiger partial charge in [0.1, 0.15) is 11.6 Å². The van der Waals surface area contributed by atoms with E-state index in [1.54, 1.807) is 12.1 Å². The van der Waals surface area contributed by atoms with Crippen molar-refractivity contribution in [2.75, 3.05) is 0 Å². The van der Waals surface area contributed by atoms with Crippen LogP contribution < -0.4 is 4.65 Å². The van der Waals surface area contributed by atoms with E-state index in [1.807, 2.05) is 0 Å². The minimum atomic E-state index is -1.91. The first-order chi connectivity index (χ1) is 10.6. The Kier molecular flexibility index (Phi) is 6.71. The second-order valence-corrected chi connectivity index (χ2v) is 6.34. The van der Waals surface area contributed by atoms with E-state index >= 15 is 0 Å². The molecule has 0 radical (unpaired) electrons. The van der Waals surface area contributed by atoms with Crippen LogP contribution in [0.4, 0.5) is 4.39 Å². The van der Waals surface area contributed by atoms with Crippen LogP contribution in [0.3, 0.4) is 0 Å². The van der Waals surface area contributed by atoms with Gasteiger partial charge in [0.15, 0.2) is 0 Å². The summed E-state index contributed by atoms with van der Waals surface area (Å²) in [5.74, 6) is 0.908. The van der Waals surface area contributed by atoms with Crippen LogP contribution in [0.15, 0.2) is 18.2 Å². The maximum absolute atomic E-state index is 14.2. The van der Waals surface area contributed by atoms with Gasteiger partial charge in [0.25, 0.3) is 0 Å². The zero-order chi connectivity index (χ0) is 15.9. The molecule has 2 rings (SSSR count). The Morgan fingerprint density at radius 2 is 1.91 bits per heavy atom. The van der Waals surface area contributed by atoms with Crippen molar-refractivity contribution in [3.63, 3.8) is 0 Å². The molecule has 5 heteroatoms. The summed E-state index contributed by atoms with van der Waals surface area (Å²) in [4.78, 5) is 0. The molecule has 3 nitrogen and oxygen atoms in total. The van der Waals surface area contributed by atoms with Crippen LogP contribution in [0.1, 0.15) is 69.8 Å². The molecule has 0 atom stereocenters. The van der Waals surface area contributed by atoms with Gasteiger partial charge in [-0.05, 0) is 49.1 Å². The summed E-state index contributed by atoms with van der Waals surface area (Å²) < 4.78 is 18.9. The van der Waals surface area contributed by atoms with E-state index in [2.05, 4.69) is 11.6 Å². The van der Waals surface area contributed by atoms with Gasteiger partial charge in [-0.3, -0.25) is 0 Å². The summed E-state index contributed by atoms with van der Waals surface area (Å²) in [6, 6.07) is 4.56. The lowest BCUT2D eigenvalue weighted by Gasteiger charge is -2.29. The van der Waals surface area contributed by atoms with Crippen molar-refractivity contribution in [3.8, 4) is 5.75 Å². The molecule has 1 aromatic carbocycles. The van der Waals surface area contributed by atoms with Crippen LogP contribution in [0.5, 0.6) is 5.75 Å². The predicted molar refractivity (Wildman–Crippen MR) is 86.1 cm³/mol. The topological polar surface area (TPSA) is 49.7 Å². The maximum Gasteiger partial charge on any atom is 0.707 e. The second kappa shape index (κ2) is 8.54. The Morgan fingerprint density at radius 3 is 2.50 bits per heavy atom. The van der Waals surface area contributed by atoms with Gasteiger partial charge in [0.05, 0.1) is 0 Å². The maximum atomic E-state index is 14.2. The number of hydrogen-bond donors (Lipinski definition) is 2. The molecule has 0 amide bonds. The van der Waals surface area contributed by atoms with Crippen molar-refractivity contribution in [3.05, 3.63) is 29.6 Å². The number of unbranched alkanes of at least 4 members (excludes halogenated alkanes) is 2. The van der Waals surface area contributed by atoms with Crippen LogP contribution >= 0.6 is 0 Å². The Labute approximate surface area is 132 Å². The summed E-state index contributed by atoms with van der Waals surface area (Å²) in [6.07, 6.45) is 9.64. The van der Waals surface area contributed by atoms with E-state index < -0.39 is 7.32 Å². The van der Waals surface area contributed by atoms with E-state index in [9.17, 15) is 4.39 Å². The first-order valence-electron chi connectivity index (χ1n) is 8.42. The zero-order valence-electron chi connectivity index (χ0n) is 13.3. The van der Waals surface area contributed by atoms with Gasteiger partial charge in [0.2, 0.25) is 0 Å². The van der Waals surface area contributed by atoms with Crippen LogP contribution in [-0.4, -0.2) is 17.4 Å². The third-order valence-corrected chi connectivity index (χ3v) is 4.72. The highest BCUT2D eigenvalue weighted by atomic mass is 19.1. The summed E-state index contributed by atoms with van der Waals surface area (Å²) in [5.41, 5.74) is 0.729. The fourth-order valence-electron chi connectivity index (χ4n) is 3.48. The molecule has 0 spiro atoms. The third kappa shape index (κ3) is 4.99. The van der Waals surface area contributed by atoms with Gasteiger partial charge >= 0.3 is 7.32 Å². The number of rotatable bonds is 7. The Hall–Kier alpha value is -1.07. The first-order valence-corrected chi connectivity index (χ1v) is 8.42. The lowest BCUT2D eigenvalue weighted by Crippen LogP contribution is -2.20. The summed E-state index contributed by atoms with van der Waals surface area (Å²) >= 11 is 0. The van der Waals surface area contributed by atoms with E-state index in [0.29, 0.717) is 0 Å². The lowest BCUT2D eigenvalue weighted by atomic mass is 9.77. The molecule has 0 saturated heterocycles. The van der Waals surface area contributed by atoms with E-state index in [1.165, 1.54) is 44.6 Å². The zero-order valence-corrected chi connectivity index (χ0v) is 13.3. The van der Waals surface area contributed by atoms with Gasteiger partial charge in [-0.1, -0.05) is 38.7 Å². The summed E-state index contributed by atoms with van der Waals surface area (Å²) in [6.45, 7) is 2.23. The van der Waals surface area contributed by atoms with Gasteiger partial charge < -0.3 is 14.7 Å². The molecule has 122 valence electrons. The van der Waals surface area contributed by atoms with Crippen molar-refractivity contribution in [2.45, 2.75) is 64.2 Å². The van der Waals surface area contributed by atoms with Gasteiger partial charge in [-0.2, -0.15) is 0 Å². The van der Waals surface area contributed by atoms with Crippen molar-refractivity contribution < 1.29 is 19.1 Å². The molecular formula is C17H26BFO3. The minimum Gasteiger partial charge on any atom is -0.512 e. The molecule has 1 aliphatic rings. The summed E-state index contributed by atoms with van der Waals surface area (Å²) in [5, 5.41) is 17.5. The molecule has 0 aliphatic heterocycles. The molecule has 1 fully saturated rings. The fourth-order valence-corrected chi connectivity index (χ4v) is 3.48. The van der Waals surface area contributed by atoms with Crippen LogP contribution in [0.25, 0.3) is 0 Å². The minimum absolute atomic E-state index is 0.143. The quantitative estimate of drug-likeness (QED) is 0.590. The predicted octanol–water partition coefficient (Wildman–Crippen LogP) is 4.03. The van der Waals surface area contributed by atoms with Crippen molar-refractivity contribution in [2.24, 2.45) is 5.92 Å². The Morgan fingerprint density at radius 1 is 1.18 bits per heavy atom. The molecule has 1 saturated carbocycles. The van der Waals surface area contributed by atoms with Crippen LogP contribution in [0.2, 0.25) is 0 Å². The second-order valence-electron chi connectivity index (χ2n) is 6.34. The number of benzene rings is 1. The summed E-state index contributed by atoms with van der Waals surface area (Å²) in [7, 11) is -1.91. The van der Waals surface area contributed by atoms with Gasteiger partial charge in [0, 0.05) is 6.07 Å². The monoisotopic (exact) mass is 308 g/mol. The molecule has 0 heterocycles. The molecule has 0 aromatic heterocycles. The highest BCUT2D eigenvalue weighted by Crippen LogP contribution is 2.39. The molecule has 1 aliphatic carbocycles. The molecule has 2 N–H and O–H groups in total. The normalized spacial score (nSPS) is 21.6. The van der Waals surface area contributed by atoms with Crippen LogP contribution in [-0.2, 0) is 0 Å². The fraction of sp³-hybridized carbons (Fsp3) is 0.647. The van der Waals surface area contributed by atoms with Crippen molar-refractivity contribution >= 4 is 7.32 Å². The first kappa shape index (κ1) is 17.3. The van der Waals surface area contributed by atoms with Crippen molar-refractivity contribution in [1.29, 1.82) is 0 Å². The number of halogens is 1. The molecule has 0 unspecified atom stereocenters. The third-order valence-electron chi connectivity index (χ3n) is 4.72. The molecule has 22 heavy (non-hydrogen) atoms.